The molecule has 0 saturated carbocycles. The average molecular weight is 501 g/mol. The predicted octanol–water partition coefficient (Wildman–Crippen LogP) is 5.93. The van der Waals surface area contributed by atoms with Crippen LogP contribution >= 0.6 is 0 Å². The highest BCUT2D eigenvalue weighted by atomic mass is 32.2. The number of rotatable bonds is 9. The molecule has 4 aromatic carbocycles. The van der Waals surface area contributed by atoms with Gasteiger partial charge in [-0.1, -0.05) is 72.8 Å². The Kier molecular flexibility index (Phi) is 7.83. The molecule has 4 aromatic rings. The number of para-hydroxylation sites is 3. The van der Waals surface area contributed by atoms with Gasteiger partial charge in [0.25, 0.3) is 0 Å². The smallest absolute Gasteiger partial charge is 0.244 e. The molecule has 6 nitrogen and oxygen atoms in total. The van der Waals surface area contributed by atoms with Crippen LogP contribution in [0, 0.1) is 13.8 Å². The molecular formula is C29H28N2O4S. The number of sulfonamides is 1. The third-order valence-corrected chi connectivity index (χ3v) is 7.55. The second-order valence-electron chi connectivity index (χ2n) is 8.49. The van der Waals surface area contributed by atoms with Crippen LogP contribution in [-0.4, -0.2) is 25.2 Å². The van der Waals surface area contributed by atoms with Crippen LogP contribution in [0.15, 0.2) is 108 Å². The van der Waals surface area contributed by atoms with E-state index < -0.39 is 15.9 Å². The minimum Gasteiger partial charge on any atom is -0.455 e. The topological polar surface area (TPSA) is 75.7 Å². The minimum atomic E-state index is -3.96. The lowest BCUT2D eigenvalue weighted by molar-refractivity contribution is -0.116. The van der Waals surface area contributed by atoms with E-state index in [0.29, 0.717) is 22.7 Å². The van der Waals surface area contributed by atoms with E-state index in [1.165, 1.54) is 4.31 Å². The zero-order valence-corrected chi connectivity index (χ0v) is 21.0. The summed E-state index contributed by atoms with van der Waals surface area (Å²) < 4.78 is 34.6. The van der Waals surface area contributed by atoms with Gasteiger partial charge < -0.3 is 10.1 Å². The number of ether oxygens (including phenoxy) is 1. The van der Waals surface area contributed by atoms with Crippen molar-refractivity contribution in [1.82, 2.24) is 4.31 Å². The first-order chi connectivity index (χ1) is 17.3. The Bertz CT molecular complexity index is 1440. The maximum Gasteiger partial charge on any atom is 0.244 e. The van der Waals surface area contributed by atoms with Crippen LogP contribution in [0.2, 0.25) is 0 Å². The first kappa shape index (κ1) is 25.2. The molecule has 0 unspecified atom stereocenters. The van der Waals surface area contributed by atoms with Gasteiger partial charge in [-0.2, -0.15) is 4.31 Å². The van der Waals surface area contributed by atoms with E-state index in [-0.39, 0.29) is 18.0 Å². The van der Waals surface area contributed by atoms with Crippen LogP contribution in [0.3, 0.4) is 0 Å². The molecule has 36 heavy (non-hydrogen) atoms. The fourth-order valence-electron chi connectivity index (χ4n) is 3.76. The van der Waals surface area contributed by atoms with Gasteiger partial charge in [0, 0.05) is 6.54 Å². The molecule has 184 valence electrons. The first-order valence-electron chi connectivity index (χ1n) is 11.6. The average Bonchev–Trinajstić information content (AvgIpc) is 2.87. The number of aryl methyl sites for hydroxylation is 2. The maximum atomic E-state index is 13.7. The Morgan fingerprint density at radius 3 is 2.19 bits per heavy atom. The molecule has 7 heteroatoms. The van der Waals surface area contributed by atoms with Crippen molar-refractivity contribution < 1.29 is 17.9 Å². The summed E-state index contributed by atoms with van der Waals surface area (Å²) in [7, 11) is -3.96. The highest BCUT2D eigenvalue weighted by Crippen LogP contribution is 2.29. The lowest BCUT2D eigenvalue weighted by Gasteiger charge is -2.23. The van der Waals surface area contributed by atoms with Gasteiger partial charge in [0.05, 0.1) is 17.1 Å². The van der Waals surface area contributed by atoms with Crippen molar-refractivity contribution in [3.05, 3.63) is 120 Å². The van der Waals surface area contributed by atoms with Crippen molar-refractivity contribution in [2.75, 3.05) is 11.9 Å². The lowest BCUT2D eigenvalue weighted by atomic mass is 10.2. The SMILES string of the molecule is Cc1ccc(C)c(S(=O)(=O)N(CC(=O)Nc2ccccc2Oc2ccccc2)Cc2ccccc2)c1. The van der Waals surface area contributed by atoms with E-state index in [9.17, 15) is 13.2 Å². The Labute approximate surface area is 212 Å². The molecular weight excluding hydrogens is 472 g/mol. The molecule has 4 rings (SSSR count). The Balaban J connectivity index is 1.60. The molecule has 0 radical (unpaired) electrons. The Morgan fingerprint density at radius 2 is 1.47 bits per heavy atom. The summed E-state index contributed by atoms with van der Waals surface area (Å²) in [5, 5.41) is 2.83. The Morgan fingerprint density at radius 1 is 0.833 bits per heavy atom. The zero-order chi connectivity index (χ0) is 25.5. The first-order valence-corrected chi connectivity index (χ1v) is 13.0. The molecule has 0 atom stereocenters. The van der Waals surface area contributed by atoms with E-state index in [4.69, 9.17) is 4.74 Å². The summed E-state index contributed by atoms with van der Waals surface area (Å²) in [6.07, 6.45) is 0. The number of amides is 1. The van der Waals surface area contributed by atoms with Gasteiger partial charge in [0.1, 0.15) is 5.75 Å². The second kappa shape index (κ2) is 11.2. The summed E-state index contributed by atoms with van der Waals surface area (Å²) in [6, 6.07) is 30.8. The molecule has 0 aliphatic heterocycles. The second-order valence-corrected chi connectivity index (χ2v) is 10.4. The maximum absolute atomic E-state index is 13.7. The highest BCUT2D eigenvalue weighted by Gasteiger charge is 2.28. The summed E-state index contributed by atoms with van der Waals surface area (Å²) in [5.41, 5.74) is 2.69. The molecule has 1 N–H and O–H groups in total. The highest BCUT2D eigenvalue weighted by molar-refractivity contribution is 7.89. The molecule has 0 aromatic heterocycles. The quantitative estimate of drug-likeness (QED) is 0.309. The van der Waals surface area contributed by atoms with Crippen LogP contribution in [-0.2, 0) is 21.4 Å². The standard InChI is InChI=1S/C29H28N2O4S/c1-22-17-18-23(2)28(19-22)36(33,34)31(20-24-11-5-3-6-12-24)21-29(32)30-26-15-9-10-16-27(26)35-25-13-7-4-8-14-25/h3-19H,20-21H2,1-2H3,(H,30,32). The molecule has 0 aliphatic rings. The van der Waals surface area contributed by atoms with Crippen molar-refractivity contribution in [3.63, 3.8) is 0 Å². The van der Waals surface area contributed by atoms with E-state index in [1.807, 2.05) is 73.7 Å². The van der Waals surface area contributed by atoms with Crippen molar-refractivity contribution in [2.24, 2.45) is 0 Å². The number of anilines is 1. The minimum absolute atomic E-state index is 0.0616. The number of carbonyl (C=O) groups is 1. The zero-order valence-electron chi connectivity index (χ0n) is 20.2. The summed E-state index contributed by atoms with van der Waals surface area (Å²) >= 11 is 0. The normalized spacial score (nSPS) is 11.3. The fraction of sp³-hybridized carbons (Fsp3) is 0.138. The van der Waals surface area contributed by atoms with Gasteiger partial charge in [-0.25, -0.2) is 8.42 Å². The number of benzene rings is 4. The van der Waals surface area contributed by atoms with Crippen LogP contribution in [0.25, 0.3) is 0 Å². The molecule has 0 spiro atoms. The van der Waals surface area contributed by atoms with Gasteiger partial charge in [-0.3, -0.25) is 4.79 Å². The molecule has 1 amide bonds. The molecule has 0 fully saturated rings. The third-order valence-electron chi connectivity index (χ3n) is 5.62. The monoisotopic (exact) mass is 500 g/mol. The van der Waals surface area contributed by atoms with Gasteiger partial charge in [0.15, 0.2) is 5.75 Å². The predicted molar refractivity (Wildman–Crippen MR) is 142 cm³/mol. The lowest BCUT2D eigenvalue weighted by Crippen LogP contribution is -2.38. The molecule has 0 saturated heterocycles. The van der Waals surface area contributed by atoms with Crippen LogP contribution in [0.1, 0.15) is 16.7 Å². The number of nitrogens with zero attached hydrogens (tertiary/aromatic N) is 1. The van der Waals surface area contributed by atoms with E-state index in [2.05, 4.69) is 5.32 Å². The van der Waals surface area contributed by atoms with Crippen LogP contribution < -0.4 is 10.1 Å². The molecule has 0 heterocycles. The third kappa shape index (κ3) is 6.19. The van der Waals surface area contributed by atoms with E-state index in [0.717, 1.165) is 11.1 Å². The number of nitrogens with one attached hydrogen (secondary N) is 1. The number of hydrogen-bond donors (Lipinski definition) is 1. The van der Waals surface area contributed by atoms with Crippen molar-refractivity contribution in [3.8, 4) is 11.5 Å². The van der Waals surface area contributed by atoms with Crippen LogP contribution in [0.4, 0.5) is 5.69 Å². The van der Waals surface area contributed by atoms with Crippen molar-refractivity contribution in [1.29, 1.82) is 0 Å². The number of carbonyl (C=O) groups excluding carboxylic acids is 1. The van der Waals surface area contributed by atoms with Gasteiger partial charge in [-0.15, -0.1) is 0 Å². The van der Waals surface area contributed by atoms with Crippen molar-refractivity contribution >= 4 is 21.6 Å². The van der Waals surface area contributed by atoms with Gasteiger partial charge in [0.2, 0.25) is 15.9 Å². The summed E-state index contributed by atoms with van der Waals surface area (Å²) in [4.78, 5) is 13.4. The molecule has 0 bridgehead atoms. The van der Waals surface area contributed by atoms with E-state index in [1.54, 1.807) is 43.3 Å². The summed E-state index contributed by atoms with van der Waals surface area (Å²) in [6.45, 7) is 3.30. The van der Waals surface area contributed by atoms with E-state index >= 15 is 0 Å². The summed E-state index contributed by atoms with van der Waals surface area (Å²) in [5.74, 6) is 0.621. The Hall–Kier alpha value is -3.94. The van der Waals surface area contributed by atoms with Gasteiger partial charge >= 0.3 is 0 Å². The molecule has 0 aliphatic carbocycles. The largest absolute Gasteiger partial charge is 0.455 e. The van der Waals surface area contributed by atoms with Crippen molar-refractivity contribution in [2.45, 2.75) is 25.3 Å². The fourth-order valence-corrected chi connectivity index (χ4v) is 5.46. The van der Waals surface area contributed by atoms with Crippen LogP contribution in [0.5, 0.6) is 11.5 Å². The van der Waals surface area contributed by atoms with Gasteiger partial charge in [-0.05, 0) is 60.9 Å². The number of hydrogen-bond acceptors (Lipinski definition) is 4.